The topological polar surface area (TPSA) is 44.9 Å². The number of hydrogen-bond acceptors (Lipinski definition) is 3. The van der Waals surface area contributed by atoms with Gasteiger partial charge in [0.1, 0.15) is 5.82 Å². The lowest BCUT2D eigenvalue weighted by Crippen LogP contribution is -2.52. The van der Waals surface area contributed by atoms with Gasteiger partial charge in [0.05, 0.1) is 5.54 Å². The maximum atomic E-state index is 6.04. The molecule has 18 heavy (non-hydrogen) atoms. The molecular weight excluding hydrogens is 248 g/mol. The summed E-state index contributed by atoms with van der Waals surface area (Å²) in [6, 6.07) is 0. The number of nitrogens with zero attached hydrogens (tertiary/aromatic N) is 3. The monoisotopic (exact) mass is 272 g/mol. The van der Waals surface area contributed by atoms with Gasteiger partial charge in [-0.15, -0.1) is 0 Å². The lowest BCUT2D eigenvalue weighted by Gasteiger charge is -2.45. The Balaban J connectivity index is 2.81. The molecule has 1 aliphatic carbocycles. The lowest BCUT2D eigenvalue weighted by molar-refractivity contribution is 0.115. The van der Waals surface area contributed by atoms with Crippen molar-refractivity contribution in [3.05, 3.63) is 12.4 Å². The van der Waals surface area contributed by atoms with Crippen LogP contribution in [0.15, 0.2) is 17.4 Å². The summed E-state index contributed by atoms with van der Waals surface area (Å²) in [5, 5.41) is 0.440. The molecule has 1 rings (SSSR count). The van der Waals surface area contributed by atoms with Crippen LogP contribution in [0.2, 0.25) is 0 Å². The van der Waals surface area contributed by atoms with Crippen LogP contribution in [0, 0.1) is 0 Å². The molecule has 1 saturated carbocycles. The van der Waals surface area contributed by atoms with Crippen LogP contribution in [-0.2, 0) is 0 Å². The normalized spacial score (nSPS) is 19.5. The second-order valence-electron chi connectivity index (χ2n) is 5.24. The van der Waals surface area contributed by atoms with Crippen LogP contribution < -0.4 is 5.73 Å². The zero-order valence-electron chi connectivity index (χ0n) is 11.7. The summed E-state index contributed by atoms with van der Waals surface area (Å²) < 4.78 is 0. The number of halogens is 1. The number of aliphatic imine (C=N–C) groups is 1. The molecule has 0 heterocycles. The van der Waals surface area contributed by atoms with Crippen LogP contribution in [0.5, 0.6) is 0 Å². The van der Waals surface area contributed by atoms with Gasteiger partial charge in [-0.3, -0.25) is 0 Å². The van der Waals surface area contributed by atoms with Crippen molar-refractivity contribution in [2.24, 2.45) is 10.7 Å². The molecule has 1 fully saturated rings. The van der Waals surface area contributed by atoms with Gasteiger partial charge in [0.25, 0.3) is 0 Å². The highest BCUT2D eigenvalue weighted by Crippen LogP contribution is 2.34. The van der Waals surface area contributed by atoms with E-state index in [4.69, 9.17) is 17.3 Å². The van der Waals surface area contributed by atoms with Gasteiger partial charge < -0.3 is 15.5 Å². The van der Waals surface area contributed by atoms with Crippen molar-refractivity contribution in [1.29, 1.82) is 0 Å². The average Bonchev–Trinajstić information content (AvgIpc) is 2.38. The van der Waals surface area contributed by atoms with Crippen molar-refractivity contribution in [2.75, 3.05) is 27.7 Å². The molecule has 0 aliphatic heterocycles. The van der Waals surface area contributed by atoms with Crippen LogP contribution >= 0.6 is 11.6 Å². The van der Waals surface area contributed by atoms with Gasteiger partial charge in [-0.1, -0.05) is 25.8 Å². The Kier molecular flexibility index (Phi) is 5.47. The molecule has 4 nitrogen and oxygen atoms in total. The van der Waals surface area contributed by atoms with Gasteiger partial charge in [-0.05, 0) is 24.4 Å². The third kappa shape index (κ3) is 3.39. The van der Waals surface area contributed by atoms with E-state index in [-0.39, 0.29) is 5.54 Å². The summed E-state index contributed by atoms with van der Waals surface area (Å²) in [5.74, 6) is 0.682. The summed E-state index contributed by atoms with van der Waals surface area (Å²) >= 11 is 6.04. The molecule has 0 amide bonds. The molecule has 0 bridgehead atoms. The van der Waals surface area contributed by atoms with E-state index in [0.29, 0.717) is 17.7 Å². The van der Waals surface area contributed by atoms with E-state index >= 15 is 0 Å². The van der Waals surface area contributed by atoms with Gasteiger partial charge in [0.2, 0.25) is 0 Å². The second-order valence-corrected chi connectivity index (χ2v) is 5.58. The number of nitrogens with two attached hydrogens (primary N) is 1. The Morgan fingerprint density at radius 2 is 1.83 bits per heavy atom. The first-order valence-electron chi connectivity index (χ1n) is 6.47. The molecule has 0 aromatic rings. The summed E-state index contributed by atoms with van der Waals surface area (Å²) in [5.41, 5.74) is 6.00. The first kappa shape index (κ1) is 15.3. The van der Waals surface area contributed by atoms with Gasteiger partial charge in [0.15, 0.2) is 5.29 Å². The van der Waals surface area contributed by atoms with E-state index in [0.717, 1.165) is 12.8 Å². The van der Waals surface area contributed by atoms with Crippen LogP contribution in [0.3, 0.4) is 0 Å². The predicted octanol–water partition coefficient (Wildman–Crippen LogP) is 2.21. The van der Waals surface area contributed by atoms with Crippen LogP contribution in [0.25, 0.3) is 0 Å². The van der Waals surface area contributed by atoms with Crippen molar-refractivity contribution in [3.63, 3.8) is 0 Å². The zero-order valence-corrected chi connectivity index (χ0v) is 12.5. The van der Waals surface area contributed by atoms with Crippen LogP contribution in [0.4, 0.5) is 0 Å². The van der Waals surface area contributed by atoms with Gasteiger partial charge in [0, 0.05) is 27.7 Å². The van der Waals surface area contributed by atoms with Crippen molar-refractivity contribution in [2.45, 2.75) is 37.6 Å². The van der Waals surface area contributed by atoms with E-state index in [1.165, 1.54) is 19.3 Å². The van der Waals surface area contributed by atoms with Crippen LogP contribution in [0.1, 0.15) is 32.1 Å². The first-order valence-corrected chi connectivity index (χ1v) is 6.85. The highest BCUT2D eigenvalue weighted by atomic mass is 35.5. The molecule has 0 unspecified atom stereocenters. The first-order chi connectivity index (χ1) is 8.43. The van der Waals surface area contributed by atoms with Crippen molar-refractivity contribution >= 4 is 16.9 Å². The minimum atomic E-state index is 0.00230. The quantitative estimate of drug-likeness (QED) is 0.485. The molecule has 104 valence electrons. The maximum absolute atomic E-state index is 6.04. The fourth-order valence-electron chi connectivity index (χ4n) is 2.44. The molecule has 2 N–H and O–H groups in total. The highest BCUT2D eigenvalue weighted by molar-refractivity contribution is 6.64. The van der Waals surface area contributed by atoms with E-state index in [9.17, 15) is 0 Å². The highest BCUT2D eigenvalue weighted by Gasteiger charge is 2.35. The smallest absolute Gasteiger partial charge is 0.199 e. The largest absolute Gasteiger partial charge is 0.353 e. The van der Waals surface area contributed by atoms with Crippen molar-refractivity contribution < 1.29 is 0 Å². The molecule has 0 aromatic heterocycles. The Labute approximate surface area is 115 Å². The maximum Gasteiger partial charge on any atom is 0.199 e. The Bertz CT molecular complexity index is 319. The number of rotatable bonds is 4. The zero-order chi connectivity index (χ0) is 13.8. The Morgan fingerprint density at radius 1 is 1.28 bits per heavy atom. The second kappa shape index (κ2) is 6.43. The van der Waals surface area contributed by atoms with E-state index in [1.807, 2.05) is 21.1 Å². The van der Waals surface area contributed by atoms with Gasteiger partial charge >= 0.3 is 0 Å². The Morgan fingerprint density at radius 3 is 2.28 bits per heavy atom. The molecule has 5 heteroatoms. The third-order valence-electron chi connectivity index (χ3n) is 3.85. The summed E-state index contributed by atoms with van der Waals surface area (Å²) in [6.07, 6.45) is 5.95. The number of likely N-dealkylation sites (N-methyl/N-ethyl adjacent to an activating group) is 1. The number of amidine groups is 1. The molecule has 0 spiro atoms. The summed E-state index contributed by atoms with van der Waals surface area (Å²) in [6.45, 7) is 4.65. The molecular formula is C13H25ClN4. The summed E-state index contributed by atoms with van der Waals surface area (Å²) in [4.78, 5) is 8.20. The minimum Gasteiger partial charge on any atom is -0.353 e. The molecule has 0 atom stereocenters. The molecule has 0 saturated heterocycles. The minimum absolute atomic E-state index is 0.00230. The molecule has 1 aliphatic rings. The number of hydrogen-bond donors (Lipinski definition) is 1. The fourth-order valence-corrected chi connectivity index (χ4v) is 2.54. The van der Waals surface area contributed by atoms with Crippen molar-refractivity contribution in [1.82, 2.24) is 9.80 Å². The van der Waals surface area contributed by atoms with Crippen LogP contribution in [-0.4, -0.2) is 48.3 Å². The predicted molar refractivity (Wildman–Crippen MR) is 78.7 cm³/mol. The lowest BCUT2D eigenvalue weighted by atomic mass is 9.80. The van der Waals surface area contributed by atoms with Crippen molar-refractivity contribution in [3.8, 4) is 0 Å². The van der Waals surface area contributed by atoms with E-state index in [1.54, 1.807) is 4.90 Å². The standard InChI is InChI=1S/C13H25ClN4/c1-11(16-12(14)17(2)3)18(4)13(10-15)8-6-5-7-9-13/h1,5-10,15H2,2-4H3/b16-12-. The average molecular weight is 273 g/mol. The SMILES string of the molecule is C=C(/N=C(/Cl)N(C)C)N(C)C1(CN)CCCCC1. The molecule has 0 radical (unpaired) electrons. The third-order valence-corrected chi connectivity index (χ3v) is 4.28. The Hall–Kier alpha value is -0.740. The van der Waals surface area contributed by atoms with Gasteiger partial charge in [-0.25, -0.2) is 4.99 Å². The van der Waals surface area contributed by atoms with E-state index < -0.39 is 0 Å². The molecule has 0 aromatic carbocycles. The van der Waals surface area contributed by atoms with Gasteiger partial charge in [-0.2, -0.15) is 0 Å². The van der Waals surface area contributed by atoms with E-state index in [2.05, 4.69) is 16.5 Å². The summed E-state index contributed by atoms with van der Waals surface area (Å²) in [7, 11) is 5.74. The fraction of sp³-hybridized carbons (Fsp3) is 0.769.